The molecule has 0 radical (unpaired) electrons. The van der Waals surface area contributed by atoms with E-state index in [4.69, 9.17) is 15.0 Å². The number of benzene rings is 9. The third-order valence-corrected chi connectivity index (χ3v) is 17.6. The van der Waals surface area contributed by atoms with Crippen molar-refractivity contribution in [2.45, 2.75) is 85.0 Å². The zero-order valence-electron chi connectivity index (χ0n) is 53.9. The molecule has 4 heteroatoms. The molecule has 0 unspecified atom stereocenters. The van der Waals surface area contributed by atoms with Gasteiger partial charge in [-0.2, -0.15) is 0 Å². The molecule has 0 bridgehead atoms. The topological polar surface area (TPSA) is 38.7 Å². The summed E-state index contributed by atoms with van der Waals surface area (Å²) in [5, 5.41) is 0. The van der Waals surface area contributed by atoms with E-state index in [1.807, 2.05) is 18.6 Å². The van der Waals surface area contributed by atoms with Crippen molar-refractivity contribution in [1.82, 2.24) is 15.0 Å². The van der Waals surface area contributed by atoms with Gasteiger partial charge in [0.2, 0.25) is 0 Å². The van der Waals surface area contributed by atoms with Gasteiger partial charge in [-0.1, -0.05) is 307 Å². The Morgan fingerprint density at radius 1 is 0.293 bits per heavy atom. The van der Waals surface area contributed by atoms with Crippen LogP contribution < -0.4 is 0 Å². The van der Waals surface area contributed by atoms with Crippen molar-refractivity contribution in [3.05, 3.63) is 325 Å². The molecule has 0 fully saturated rings. The molecule has 1 aliphatic rings. The molecule has 92 heavy (non-hydrogen) atoms. The molecule has 0 saturated carbocycles. The van der Waals surface area contributed by atoms with Gasteiger partial charge in [-0.25, -0.2) is 0 Å². The number of aromatic nitrogens is 3. The van der Waals surface area contributed by atoms with E-state index in [0.717, 1.165) is 128 Å². The maximum atomic E-state index is 4.93. The third-order valence-electron chi connectivity index (χ3n) is 17.6. The van der Waals surface area contributed by atoms with E-state index < -0.39 is 0 Å². The van der Waals surface area contributed by atoms with Crippen LogP contribution in [0.15, 0.2) is 273 Å². The summed E-state index contributed by atoms with van der Waals surface area (Å²) in [4.78, 5) is 14.8. The minimum Gasteiger partial charge on any atom is -0.305 e. The van der Waals surface area contributed by atoms with Crippen molar-refractivity contribution in [2.75, 3.05) is 0 Å². The summed E-state index contributed by atoms with van der Waals surface area (Å²) in [5.41, 5.74) is 29.3. The molecule has 0 saturated heterocycles. The van der Waals surface area contributed by atoms with Crippen LogP contribution in [0.25, 0.3) is 117 Å². The quantitative estimate of drug-likeness (QED) is 0.114. The largest absolute Gasteiger partial charge is 3.00 e. The minimum absolute atomic E-state index is 0. The van der Waals surface area contributed by atoms with Crippen LogP contribution in [0.1, 0.15) is 102 Å². The van der Waals surface area contributed by atoms with Gasteiger partial charge < -0.3 is 15.0 Å². The van der Waals surface area contributed by atoms with Gasteiger partial charge in [-0.15, -0.1) is 71.3 Å². The first-order chi connectivity index (χ1) is 44.0. The molecule has 12 aromatic rings. The molecule has 0 spiro atoms. The van der Waals surface area contributed by atoms with E-state index in [2.05, 4.69) is 335 Å². The summed E-state index contributed by atoms with van der Waals surface area (Å²) < 4.78 is 0. The van der Waals surface area contributed by atoms with Crippen LogP contribution in [0, 0.1) is 18.2 Å². The summed E-state index contributed by atoms with van der Waals surface area (Å²) in [6, 6.07) is 96.7. The molecular formula is C88H74IrN3. The Hall–Kier alpha value is -9.70. The minimum atomic E-state index is -0.0415. The maximum Gasteiger partial charge on any atom is 3.00 e. The van der Waals surface area contributed by atoms with Crippen molar-refractivity contribution < 1.29 is 20.1 Å². The Morgan fingerprint density at radius 2 is 0.598 bits per heavy atom. The van der Waals surface area contributed by atoms with E-state index in [1.165, 1.54) is 22.3 Å². The summed E-state index contributed by atoms with van der Waals surface area (Å²) in [5.74, 6) is 0. The van der Waals surface area contributed by atoms with Crippen molar-refractivity contribution in [3.8, 4) is 101 Å². The number of rotatable bonds is 12. The van der Waals surface area contributed by atoms with Gasteiger partial charge in [0, 0.05) is 18.6 Å². The number of allylic oxidation sites excluding steroid dienone is 6. The van der Waals surface area contributed by atoms with Crippen LogP contribution in [0.2, 0.25) is 0 Å². The third kappa shape index (κ3) is 13.2. The number of hydrogen-bond acceptors (Lipinski definition) is 3. The Balaban J connectivity index is 0.00000816. The van der Waals surface area contributed by atoms with Crippen molar-refractivity contribution >= 4 is 16.7 Å². The Labute approximate surface area is 558 Å². The maximum absolute atomic E-state index is 4.93. The van der Waals surface area contributed by atoms with Gasteiger partial charge in [0.05, 0.1) is 0 Å². The standard InChI is InChI=1S/C88H74N3.Ir/c1-86(2,3)68-45-48-89-83(56-68)64-39-42-77(80(53-64)59-25-13-10-14-26-59)74-34-22-19-31-71(74)62-37-38-63(72-32-20-23-35-75(72)78-43-40-65(54-81(78)60-27-15-11-16-28-60)84-57-69(46-49-90-84)87(4,5)6)52-67(51-62)73-33-21-24-36-76(73)79-44-41-66(55-82(79)61-29-17-12-18-30-61)85-58-70(47-50-91-85)88(7,8)9;/h10-37,42-58H,38H2,1-9H3;/q-3;+3. The molecule has 0 atom stereocenters. The predicted molar refractivity (Wildman–Crippen MR) is 383 cm³/mol. The van der Waals surface area contributed by atoms with E-state index >= 15 is 0 Å². The van der Waals surface area contributed by atoms with Crippen molar-refractivity contribution in [1.29, 1.82) is 0 Å². The smallest absolute Gasteiger partial charge is 0.305 e. The molecule has 13 rings (SSSR count). The van der Waals surface area contributed by atoms with Crippen molar-refractivity contribution in [2.24, 2.45) is 0 Å². The van der Waals surface area contributed by atoms with Crippen molar-refractivity contribution in [3.63, 3.8) is 0 Å². The van der Waals surface area contributed by atoms with Crippen LogP contribution in [-0.2, 0) is 36.4 Å². The van der Waals surface area contributed by atoms with Crippen LogP contribution in [0.5, 0.6) is 0 Å². The van der Waals surface area contributed by atoms with Gasteiger partial charge in [-0.3, -0.25) is 0 Å². The molecule has 3 heterocycles. The van der Waals surface area contributed by atoms with Gasteiger partial charge in [0.25, 0.3) is 0 Å². The van der Waals surface area contributed by atoms with Gasteiger partial charge in [0.1, 0.15) is 0 Å². The van der Waals surface area contributed by atoms with Gasteiger partial charge in [0.15, 0.2) is 0 Å². The SMILES string of the molecule is CC(C)(C)c1ccnc(-c2[c-]cc(-c3ccccc3C3=CCC(c4ccccc4-c4c[c-]c(-c5cc(C(C)(C)C)ccn5)cc4-c4ccccc4)=CC(c4ccccc4-c4c[c-]c(-c5cc(C(C)(C)C)ccn5)cc4-c4ccccc4)=C3)c(-c3ccccc3)c2)c1.[Ir+3]. The molecule has 9 aromatic carbocycles. The van der Waals surface area contributed by atoms with E-state index in [-0.39, 0.29) is 36.4 Å². The molecule has 3 aromatic heterocycles. The fourth-order valence-corrected chi connectivity index (χ4v) is 12.5. The van der Waals surface area contributed by atoms with Gasteiger partial charge >= 0.3 is 20.1 Å². The molecule has 0 aliphatic heterocycles. The summed E-state index contributed by atoms with van der Waals surface area (Å²) in [6.07, 6.45) is 13.8. The molecule has 1 aliphatic carbocycles. The Morgan fingerprint density at radius 3 is 0.946 bits per heavy atom. The van der Waals surface area contributed by atoms with Crippen LogP contribution in [0.4, 0.5) is 0 Å². The first-order valence-corrected chi connectivity index (χ1v) is 31.7. The normalized spacial score (nSPS) is 12.7. The van der Waals surface area contributed by atoms with Crippen LogP contribution >= 0.6 is 0 Å². The monoisotopic (exact) mass is 1370 g/mol. The Kier molecular flexibility index (Phi) is 17.8. The fourth-order valence-electron chi connectivity index (χ4n) is 12.5. The zero-order valence-corrected chi connectivity index (χ0v) is 56.3. The predicted octanol–water partition coefficient (Wildman–Crippen LogP) is 23.1. The van der Waals surface area contributed by atoms with E-state index in [0.29, 0.717) is 6.42 Å². The zero-order chi connectivity index (χ0) is 62.9. The average Bonchev–Trinajstić information content (AvgIpc) is 1.18. The molecule has 450 valence electrons. The molecule has 3 nitrogen and oxygen atoms in total. The van der Waals surface area contributed by atoms with E-state index in [9.17, 15) is 0 Å². The number of nitrogens with zero attached hydrogens (tertiary/aromatic N) is 3. The number of pyridine rings is 3. The molecular weight excluding hydrogens is 1290 g/mol. The number of hydrogen-bond donors (Lipinski definition) is 0. The second-order valence-corrected chi connectivity index (χ2v) is 26.9. The van der Waals surface area contributed by atoms with Crippen LogP contribution in [0.3, 0.4) is 0 Å². The fraction of sp³-hybridized carbons (Fsp3) is 0.148. The Bertz CT molecular complexity index is 4760. The van der Waals surface area contributed by atoms with Crippen LogP contribution in [-0.4, -0.2) is 15.0 Å². The average molecular weight is 1370 g/mol. The van der Waals surface area contributed by atoms with E-state index in [1.54, 1.807) is 0 Å². The summed E-state index contributed by atoms with van der Waals surface area (Å²) >= 11 is 0. The molecule has 0 N–H and O–H groups in total. The first kappa shape index (κ1) is 62.5. The first-order valence-electron chi connectivity index (χ1n) is 31.7. The second kappa shape index (κ2) is 26.3. The summed E-state index contributed by atoms with van der Waals surface area (Å²) in [7, 11) is 0. The van der Waals surface area contributed by atoms with Gasteiger partial charge in [-0.05, 0) is 131 Å². The second-order valence-electron chi connectivity index (χ2n) is 26.9. The molecule has 0 amide bonds. The summed E-state index contributed by atoms with van der Waals surface area (Å²) in [6.45, 7) is 20.2.